The van der Waals surface area contributed by atoms with E-state index in [-0.39, 0.29) is 12.2 Å². The minimum absolute atomic E-state index is 0.234. The van der Waals surface area contributed by atoms with Crippen molar-refractivity contribution in [2.45, 2.75) is 30.7 Å². The van der Waals surface area contributed by atoms with E-state index in [1.807, 2.05) is 24.3 Å². The Bertz CT molecular complexity index is 1240. The molecule has 1 aromatic carbocycles. The van der Waals surface area contributed by atoms with Crippen molar-refractivity contribution in [1.82, 2.24) is 15.0 Å². The lowest BCUT2D eigenvalue weighted by Gasteiger charge is -2.28. The van der Waals surface area contributed by atoms with Gasteiger partial charge in [0.2, 0.25) is 0 Å². The third kappa shape index (κ3) is 4.42. The van der Waals surface area contributed by atoms with Crippen LogP contribution >= 0.6 is 23.4 Å². The molecule has 4 rings (SSSR count). The van der Waals surface area contributed by atoms with Gasteiger partial charge in [-0.3, -0.25) is 9.78 Å². The molecule has 9 heteroatoms. The summed E-state index contributed by atoms with van der Waals surface area (Å²) in [6.45, 7) is 3.76. The highest BCUT2D eigenvalue weighted by molar-refractivity contribution is 7.98. The quantitative estimate of drug-likeness (QED) is 0.312. The van der Waals surface area contributed by atoms with Crippen molar-refractivity contribution < 1.29 is 9.53 Å². The summed E-state index contributed by atoms with van der Waals surface area (Å²) in [4.78, 5) is 37.5. The van der Waals surface area contributed by atoms with Crippen LogP contribution in [-0.2, 0) is 15.3 Å². The molecule has 0 saturated heterocycles. The number of carbonyl (C=O) groups excluding carboxylic acids is 1. The van der Waals surface area contributed by atoms with Crippen LogP contribution in [0.3, 0.4) is 0 Å². The van der Waals surface area contributed by atoms with E-state index in [1.165, 1.54) is 11.8 Å². The molecule has 0 spiro atoms. The van der Waals surface area contributed by atoms with Crippen LogP contribution in [0.2, 0.25) is 5.02 Å². The fourth-order valence-electron chi connectivity index (χ4n) is 3.63. The zero-order valence-corrected chi connectivity index (χ0v) is 19.1. The summed E-state index contributed by atoms with van der Waals surface area (Å²) in [6, 6.07) is 11.1. The summed E-state index contributed by atoms with van der Waals surface area (Å²) in [6.07, 6.45) is 3.26. The zero-order chi connectivity index (χ0) is 22.7. The minimum atomic E-state index is -0.618. The molecule has 0 fully saturated rings. The molecular formula is C23H21ClN4O3S. The Labute approximate surface area is 194 Å². The van der Waals surface area contributed by atoms with E-state index in [2.05, 4.69) is 20.3 Å². The summed E-state index contributed by atoms with van der Waals surface area (Å²) in [5, 5.41) is 4.25. The average Bonchev–Trinajstić information content (AvgIpc) is 2.78. The number of H-pyrrole nitrogens is 1. The molecule has 1 aliphatic rings. The molecule has 3 aromatic rings. The predicted octanol–water partition coefficient (Wildman–Crippen LogP) is 4.51. The van der Waals surface area contributed by atoms with Crippen molar-refractivity contribution in [2.75, 3.05) is 11.9 Å². The van der Waals surface area contributed by atoms with Crippen molar-refractivity contribution in [3.05, 3.63) is 92.1 Å². The number of benzene rings is 1. The van der Waals surface area contributed by atoms with Crippen LogP contribution in [0.5, 0.6) is 0 Å². The molecule has 3 heterocycles. The number of thioether (sulfide) groups is 1. The van der Waals surface area contributed by atoms with Gasteiger partial charge in [-0.15, -0.1) is 0 Å². The minimum Gasteiger partial charge on any atom is -0.463 e. The molecule has 2 aromatic heterocycles. The standard InChI is InChI=1S/C23H21ClN4O3S/c1-3-31-22(30)17-13(2)26-20-19(18(17)14-8-10-25-11-9-14)21(29)28-23(27-20)32-12-15-6-4-5-7-16(15)24/h4-11,18H,3,12H2,1-2H3,(H2,26,27,28,29). The van der Waals surface area contributed by atoms with E-state index >= 15 is 0 Å². The second-order valence-electron chi connectivity index (χ2n) is 7.11. The van der Waals surface area contributed by atoms with Gasteiger partial charge in [0.1, 0.15) is 5.82 Å². The highest BCUT2D eigenvalue weighted by atomic mass is 35.5. The summed E-state index contributed by atoms with van der Waals surface area (Å²) in [5.74, 6) is -0.116. The van der Waals surface area contributed by atoms with Crippen molar-refractivity contribution in [3.63, 3.8) is 0 Å². The number of allylic oxidation sites excluding steroid dienone is 1. The number of aromatic amines is 1. The molecule has 0 bridgehead atoms. The average molecular weight is 469 g/mol. The van der Waals surface area contributed by atoms with Crippen LogP contribution < -0.4 is 10.9 Å². The van der Waals surface area contributed by atoms with Gasteiger partial charge in [0, 0.05) is 28.9 Å². The van der Waals surface area contributed by atoms with Gasteiger partial charge in [0.25, 0.3) is 5.56 Å². The van der Waals surface area contributed by atoms with Crippen LogP contribution in [0.4, 0.5) is 5.82 Å². The topological polar surface area (TPSA) is 97.0 Å². The van der Waals surface area contributed by atoms with Crippen LogP contribution in [-0.4, -0.2) is 27.5 Å². The molecule has 7 nitrogen and oxygen atoms in total. The third-order valence-corrected chi connectivity index (χ3v) is 6.37. The monoisotopic (exact) mass is 468 g/mol. The predicted molar refractivity (Wildman–Crippen MR) is 125 cm³/mol. The number of halogens is 1. The van der Waals surface area contributed by atoms with E-state index in [1.54, 1.807) is 38.4 Å². The molecular weight excluding hydrogens is 448 g/mol. The molecule has 0 radical (unpaired) electrons. The Morgan fingerprint density at radius 2 is 1.97 bits per heavy atom. The van der Waals surface area contributed by atoms with Gasteiger partial charge in [0.15, 0.2) is 5.16 Å². The number of hydrogen-bond acceptors (Lipinski definition) is 7. The fraction of sp³-hybridized carbons (Fsp3) is 0.217. The Morgan fingerprint density at radius 1 is 1.22 bits per heavy atom. The number of esters is 1. The van der Waals surface area contributed by atoms with E-state index in [0.717, 1.165) is 11.1 Å². The first-order chi connectivity index (χ1) is 15.5. The van der Waals surface area contributed by atoms with E-state index in [0.29, 0.717) is 38.6 Å². The molecule has 32 heavy (non-hydrogen) atoms. The Morgan fingerprint density at radius 3 is 2.69 bits per heavy atom. The third-order valence-electron chi connectivity index (χ3n) is 5.08. The summed E-state index contributed by atoms with van der Waals surface area (Å²) >= 11 is 7.62. The molecule has 1 atom stereocenters. The number of carbonyl (C=O) groups is 1. The summed E-state index contributed by atoms with van der Waals surface area (Å²) in [5.41, 5.74) is 2.73. The number of anilines is 1. The van der Waals surface area contributed by atoms with Crippen molar-refractivity contribution >= 4 is 35.1 Å². The van der Waals surface area contributed by atoms with Crippen LogP contribution in [0.1, 0.15) is 36.5 Å². The van der Waals surface area contributed by atoms with Gasteiger partial charge < -0.3 is 15.0 Å². The Balaban J connectivity index is 1.75. The zero-order valence-electron chi connectivity index (χ0n) is 17.5. The van der Waals surface area contributed by atoms with Crippen LogP contribution in [0.15, 0.2) is 70.0 Å². The molecule has 0 saturated carbocycles. The van der Waals surface area contributed by atoms with E-state index < -0.39 is 11.9 Å². The maximum atomic E-state index is 13.2. The van der Waals surface area contributed by atoms with E-state index in [4.69, 9.17) is 16.3 Å². The van der Waals surface area contributed by atoms with Crippen molar-refractivity contribution in [1.29, 1.82) is 0 Å². The summed E-state index contributed by atoms with van der Waals surface area (Å²) in [7, 11) is 0. The first-order valence-corrected chi connectivity index (χ1v) is 11.4. The van der Waals surface area contributed by atoms with Crippen LogP contribution in [0.25, 0.3) is 0 Å². The first kappa shape index (κ1) is 22.1. The maximum absolute atomic E-state index is 13.2. The number of ether oxygens (including phenoxy) is 1. The van der Waals surface area contributed by atoms with Crippen molar-refractivity contribution in [3.8, 4) is 0 Å². The van der Waals surface area contributed by atoms with Crippen LogP contribution in [0, 0.1) is 0 Å². The van der Waals surface area contributed by atoms with E-state index in [9.17, 15) is 9.59 Å². The molecule has 1 unspecified atom stereocenters. The Kier molecular flexibility index (Phi) is 6.62. The number of rotatable bonds is 6. The Hall–Kier alpha value is -3.10. The second kappa shape index (κ2) is 9.58. The van der Waals surface area contributed by atoms with Gasteiger partial charge in [-0.05, 0) is 43.2 Å². The summed E-state index contributed by atoms with van der Waals surface area (Å²) < 4.78 is 5.28. The second-order valence-corrected chi connectivity index (χ2v) is 8.48. The molecule has 0 aliphatic carbocycles. The normalized spacial score (nSPS) is 15.2. The number of aromatic nitrogens is 3. The number of nitrogens with zero attached hydrogens (tertiary/aromatic N) is 2. The van der Waals surface area contributed by atoms with Crippen molar-refractivity contribution in [2.24, 2.45) is 0 Å². The molecule has 1 aliphatic heterocycles. The number of hydrogen-bond donors (Lipinski definition) is 2. The lowest BCUT2D eigenvalue weighted by Crippen LogP contribution is -2.31. The highest BCUT2D eigenvalue weighted by Crippen LogP contribution is 2.40. The smallest absolute Gasteiger partial charge is 0.336 e. The number of pyridine rings is 1. The van der Waals surface area contributed by atoms with Gasteiger partial charge in [-0.25, -0.2) is 9.78 Å². The molecule has 0 amide bonds. The molecule has 164 valence electrons. The van der Waals surface area contributed by atoms with Gasteiger partial charge in [-0.2, -0.15) is 0 Å². The molecule has 2 N–H and O–H groups in total. The highest BCUT2D eigenvalue weighted by Gasteiger charge is 2.36. The largest absolute Gasteiger partial charge is 0.463 e. The van der Waals surface area contributed by atoms with Gasteiger partial charge in [0.05, 0.1) is 23.7 Å². The van der Waals surface area contributed by atoms with Gasteiger partial charge in [-0.1, -0.05) is 41.6 Å². The number of nitrogens with one attached hydrogen (secondary N) is 2. The maximum Gasteiger partial charge on any atom is 0.336 e. The fourth-order valence-corrected chi connectivity index (χ4v) is 4.78. The lowest BCUT2D eigenvalue weighted by atomic mass is 9.83. The SMILES string of the molecule is CCOC(=O)C1=C(C)Nc2nc(SCc3ccccc3Cl)[nH]c(=O)c2C1c1ccncc1. The van der Waals surface area contributed by atoms with Gasteiger partial charge >= 0.3 is 5.97 Å². The number of fused-ring (bicyclic) bond motifs is 1. The first-order valence-electron chi connectivity index (χ1n) is 10.0. The lowest BCUT2D eigenvalue weighted by molar-refractivity contribution is -0.138.